The molecule has 1 aromatic carbocycles. The van der Waals surface area contributed by atoms with Gasteiger partial charge in [0.05, 0.1) is 5.66 Å². The number of hydrogen-bond donors (Lipinski definition) is 0. The van der Waals surface area contributed by atoms with Crippen LogP contribution in [0.4, 0.5) is 0 Å². The standard InChI is InChI=1S/C11H15OP/c1-11(2,3)10(13-12)9-7-5-4-6-8-9/h4-8,10H,1-3H3. The van der Waals surface area contributed by atoms with Gasteiger partial charge >= 0.3 is 0 Å². The van der Waals surface area contributed by atoms with Crippen molar-refractivity contribution in [2.45, 2.75) is 26.4 Å². The molecule has 0 saturated carbocycles. The molecule has 1 aromatic rings. The largest absolute Gasteiger partial charge is 0.274 e. The first-order valence-corrected chi connectivity index (χ1v) is 5.31. The number of rotatable bonds is 2. The summed E-state index contributed by atoms with van der Waals surface area (Å²) >= 11 is 0. The molecular formula is C11H15OP. The molecule has 1 rings (SSSR count). The lowest BCUT2D eigenvalue weighted by Crippen LogP contribution is -2.13. The minimum absolute atomic E-state index is 0.0463. The Morgan fingerprint density at radius 2 is 1.69 bits per heavy atom. The fraction of sp³-hybridized carbons (Fsp3) is 0.455. The molecule has 0 aliphatic carbocycles. The first kappa shape index (κ1) is 10.4. The molecule has 0 fully saturated rings. The van der Waals surface area contributed by atoms with Gasteiger partial charge in [-0.1, -0.05) is 51.1 Å². The smallest absolute Gasteiger partial charge is 0.164 e. The van der Waals surface area contributed by atoms with Crippen molar-refractivity contribution in [1.82, 2.24) is 0 Å². The molecule has 0 aliphatic rings. The molecule has 0 heterocycles. The Balaban J connectivity index is 2.99. The normalized spacial score (nSPS) is 14.4. The van der Waals surface area contributed by atoms with Crippen molar-refractivity contribution in [3.8, 4) is 0 Å². The third-order valence-corrected chi connectivity index (χ3v) is 3.32. The minimum Gasteiger partial charge on any atom is -0.274 e. The molecule has 1 unspecified atom stereocenters. The summed E-state index contributed by atoms with van der Waals surface area (Å²) in [6, 6.07) is 10.0. The zero-order valence-corrected chi connectivity index (χ0v) is 9.21. The third kappa shape index (κ3) is 2.63. The molecule has 0 aromatic heterocycles. The van der Waals surface area contributed by atoms with Crippen LogP contribution in [-0.4, -0.2) is 0 Å². The van der Waals surface area contributed by atoms with E-state index in [4.69, 9.17) is 0 Å². The molecule has 0 saturated heterocycles. The van der Waals surface area contributed by atoms with Crippen molar-refractivity contribution in [2.24, 2.45) is 5.41 Å². The van der Waals surface area contributed by atoms with Gasteiger partial charge < -0.3 is 0 Å². The zero-order valence-electron chi connectivity index (χ0n) is 8.32. The summed E-state index contributed by atoms with van der Waals surface area (Å²) in [7, 11) is 0.204. The van der Waals surface area contributed by atoms with Crippen LogP contribution in [0, 0.1) is 5.41 Å². The average Bonchev–Trinajstić information content (AvgIpc) is 2.05. The third-order valence-electron chi connectivity index (χ3n) is 2.04. The maximum atomic E-state index is 11.0. The molecule has 0 aliphatic heterocycles. The lowest BCUT2D eigenvalue weighted by atomic mass is 9.87. The van der Waals surface area contributed by atoms with Crippen LogP contribution in [0.15, 0.2) is 30.3 Å². The summed E-state index contributed by atoms with van der Waals surface area (Å²) < 4.78 is 11.0. The summed E-state index contributed by atoms with van der Waals surface area (Å²) in [6.45, 7) is 6.32. The Labute approximate surface area is 81.4 Å². The van der Waals surface area contributed by atoms with E-state index in [1.54, 1.807) is 0 Å². The van der Waals surface area contributed by atoms with Crippen molar-refractivity contribution in [3.63, 3.8) is 0 Å². The van der Waals surface area contributed by atoms with Crippen molar-refractivity contribution >= 4 is 8.46 Å². The summed E-state index contributed by atoms with van der Waals surface area (Å²) in [6.07, 6.45) is 0. The van der Waals surface area contributed by atoms with Crippen LogP contribution in [0.5, 0.6) is 0 Å². The molecular weight excluding hydrogens is 179 g/mol. The van der Waals surface area contributed by atoms with E-state index in [9.17, 15) is 4.57 Å². The summed E-state index contributed by atoms with van der Waals surface area (Å²) in [5, 5.41) is 0. The molecule has 0 bridgehead atoms. The van der Waals surface area contributed by atoms with Crippen molar-refractivity contribution < 1.29 is 4.57 Å². The zero-order chi connectivity index (χ0) is 9.90. The number of hydrogen-bond acceptors (Lipinski definition) is 1. The molecule has 0 amide bonds. The maximum absolute atomic E-state index is 11.0. The van der Waals surface area contributed by atoms with Gasteiger partial charge in [-0.05, 0) is 11.0 Å². The molecule has 1 nitrogen and oxygen atoms in total. The number of benzene rings is 1. The van der Waals surface area contributed by atoms with Crippen LogP contribution in [0.3, 0.4) is 0 Å². The Kier molecular flexibility index (Phi) is 3.22. The van der Waals surface area contributed by atoms with E-state index < -0.39 is 0 Å². The summed E-state index contributed by atoms with van der Waals surface area (Å²) in [4.78, 5) is 0. The average molecular weight is 194 g/mol. The monoisotopic (exact) mass is 194 g/mol. The van der Waals surface area contributed by atoms with E-state index in [2.05, 4.69) is 20.8 Å². The van der Waals surface area contributed by atoms with E-state index in [0.717, 1.165) is 5.56 Å². The lowest BCUT2D eigenvalue weighted by Gasteiger charge is -2.25. The second-order valence-corrected chi connectivity index (χ2v) is 5.01. The minimum atomic E-state index is 0.0463. The highest BCUT2D eigenvalue weighted by molar-refractivity contribution is 7.24. The molecule has 1 atom stereocenters. The molecule has 13 heavy (non-hydrogen) atoms. The predicted molar refractivity (Wildman–Crippen MR) is 56.2 cm³/mol. The Hall–Kier alpha value is -0.680. The van der Waals surface area contributed by atoms with Crippen LogP contribution in [0.25, 0.3) is 0 Å². The first-order chi connectivity index (χ1) is 6.05. The summed E-state index contributed by atoms with van der Waals surface area (Å²) in [5.41, 5.74) is 1.28. The Morgan fingerprint density at radius 3 is 2.08 bits per heavy atom. The molecule has 70 valence electrons. The fourth-order valence-corrected chi connectivity index (χ4v) is 1.96. The van der Waals surface area contributed by atoms with Crippen molar-refractivity contribution in [1.29, 1.82) is 0 Å². The van der Waals surface area contributed by atoms with Crippen LogP contribution in [-0.2, 0) is 4.57 Å². The Morgan fingerprint density at radius 1 is 1.15 bits per heavy atom. The van der Waals surface area contributed by atoms with Gasteiger partial charge in [-0.25, -0.2) is 0 Å². The topological polar surface area (TPSA) is 17.1 Å². The SMILES string of the molecule is CC(C)(C)C(P=O)c1ccccc1. The summed E-state index contributed by atoms with van der Waals surface area (Å²) in [5.74, 6) is 0. The highest BCUT2D eigenvalue weighted by atomic mass is 31.1. The Bertz CT molecular complexity index is 274. The second kappa shape index (κ2) is 4.02. The van der Waals surface area contributed by atoms with E-state index in [1.165, 1.54) is 0 Å². The molecule has 2 heteroatoms. The van der Waals surface area contributed by atoms with Crippen molar-refractivity contribution in [2.75, 3.05) is 0 Å². The van der Waals surface area contributed by atoms with E-state index in [0.29, 0.717) is 0 Å². The van der Waals surface area contributed by atoms with Gasteiger partial charge in [0, 0.05) is 0 Å². The van der Waals surface area contributed by atoms with Crippen LogP contribution < -0.4 is 0 Å². The van der Waals surface area contributed by atoms with Crippen LogP contribution >= 0.6 is 8.46 Å². The highest BCUT2D eigenvalue weighted by Gasteiger charge is 2.26. The quantitative estimate of drug-likeness (QED) is 0.648. The van der Waals surface area contributed by atoms with Gasteiger partial charge in [-0.2, -0.15) is 0 Å². The van der Waals surface area contributed by atoms with E-state index in [-0.39, 0.29) is 19.5 Å². The predicted octanol–water partition coefficient (Wildman–Crippen LogP) is 4.07. The van der Waals surface area contributed by atoms with Gasteiger partial charge in [0.2, 0.25) is 0 Å². The molecule has 0 N–H and O–H groups in total. The van der Waals surface area contributed by atoms with Gasteiger partial charge in [0.25, 0.3) is 0 Å². The molecule has 0 radical (unpaired) electrons. The van der Waals surface area contributed by atoms with E-state index >= 15 is 0 Å². The highest BCUT2D eigenvalue weighted by Crippen LogP contribution is 2.42. The van der Waals surface area contributed by atoms with Crippen LogP contribution in [0.1, 0.15) is 32.0 Å². The van der Waals surface area contributed by atoms with Gasteiger partial charge in [-0.15, -0.1) is 0 Å². The van der Waals surface area contributed by atoms with Gasteiger partial charge in [0.1, 0.15) is 0 Å². The second-order valence-electron chi connectivity index (χ2n) is 4.28. The molecule has 0 spiro atoms. The van der Waals surface area contributed by atoms with Crippen molar-refractivity contribution in [3.05, 3.63) is 35.9 Å². The van der Waals surface area contributed by atoms with Gasteiger partial charge in [0.15, 0.2) is 8.46 Å². The fourth-order valence-electron chi connectivity index (χ4n) is 1.35. The maximum Gasteiger partial charge on any atom is 0.164 e. The van der Waals surface area contributed by atoms with E-state index in [1.807, 2.05) is 30.3 Å². The van der Waals surface area contributed by atoms with Crippen LogP contribution in [0.2, 0.25) is 0 Å². The first-order valence-electron chi connectivity index (χ1n) is 4.43. The lowest BCUT2D eigenvalue weighted by molar-refractivity contribution is 0.392. The van der Waals surface area contributed by atoms with Gasteiger partial charge in [-0.3, -0.25) is 4.57 Å².